The van der Waals surface area contributed by atoms with Crippen molar-refractivity contribution in [3.63, 3.8) is 0 Å². The van der Waals surface area contributed by atoms with Crippen molar-refractivity contribution in [2.45, 2.75) is 31.9 Å². The normalized spacial score (nSPS) is 14.4. The van der Waals surface area contributed by atoms with Crippen LogP contribution >= 0.6 is 0 Å². The fraction of sp³-hybridized carbons (Fsp3) is 0.417. The van der Waals surface area contributed by atoms with Crippen LogP contribution in [-0.2, 0) is 6.18 Å². The van der Waals surface area contributed by atoms with E-state index in [-0.39, 0.29) is 11.6 Å². The SMILES string of the molecule is COc1cc(NC(=O)Nc2ccc(C(F)(F)F)cc2)ccc1C(=O)NCCCN1CCCCC1. The third kappa shape index (κ3) is 7.38. The van der Waals surface area contributed by atoms with E-state index in [0.717, 1.165) is 38.2 Å². The fourth-order valence-electron chi connectivity index (χ4n) is 3.78. The molecule has 0 unspecified atom stereocenters. The van der Waals surface area contributed by atoms with Crippen molar-refractivity contribution in [1.29, 1.82) is 0 Å². The van der Waals surface area contributed by atoms with Crippen LogP contribution in [0.3, 0.4) is 0 Å². The summed E-state index contributed by atoms with van der Waals surface area (Å²) in [4.78, 5) is 27.2. The number of anilines is 2. The summed E-state index contributed by atoms with van der Waals surface area (Å²) in [6.45, 7) is 3.73. The number of alkyl halides is 3. The molecule has 10 heteroatoms. The minimum Gasteiger partial charge on any atom is -0.496 e. The minimum atomic E-state index is -4.45. The lowest BCUT2D eigenvalue weighted by atomic mass is 10.1. The van der Waals surface area contributed by atoms with E-state index in [9.17, 15) is 22.8 Å². The van der Waals surface area contributed by atoms with Gasteiger partial charge >= 0.3 is 12.2 Å². The van der Waals surface area contributed by atoms with Crippen molar-refractivity contribution in [1.82, 2.24) is 10.2 Å². The van der Waals surface area contributed by atoms with Gasteiger partial charge in [0.2, 0.25) is 0 Å². The number of nitrogens with one attached hydrogen (secondary N) is 3. The molecule has 184 valence electrons. The van der Waals surface area contributed by atoms with Crippen molar-refractivity contribution in [2.24, 2.45) is 0 Å². The van der Waals surface area contributed by atoms with Gasteiger partial charge in [0, 0.05) is 24.0 Å². The van der Waals surface area contributed by atoms with Crippen LogP contribution in [0.15, 0.2) is 42.5 Å². The molecule has 1 aliphatic heterocycles. The van der Waals surface area contributed by atoms with E-state index < -0.39 is 17.8 Å². The van der Waals surface area contributed by atoms with Gasteiger partial charge in [-0.3, -0.25) is 4.79 Å². The van der Waals surface area contributed by atoms with E-state index in [1.807, 2.05) is 0 Å². The number of rotatable bonds is 8. The number of amides is 3. The van der Waals surface area contributed by atoms with Gasteiger partial charge < -0.3 is 25.6 Å². The molecule has 1 saturated heterocycles. The van der Waals surface area contributed by atoms with Crippen molar-refractivity contribution >= 4 is 23.3 Å². The van der Waals surface area contributed by atoms with E-state index >= 15 is 0 Å². The molecular formula is C24H29F3N4O3. The van der Waals surface area contributed by atoms with Crippen molar-refractivity contribution < 1.29 is 27.5 Å². The molecule has 3 amide bonds. The van der Waals surface area contributed by atoms with Gasteiger partial charge in [0.15, 0.2) is 0 Å². The molecule has 1 aliphatic rings. The summed E-state index contributed by atoms with van der Waals surface area (Å²) in [7, 11) is 1.43. The van der Waals surface area contributed by atoms with Crippen LogP contribution in [0.25, 0.3) is 0 Å². The second-order valence-corrected chi connectivity index (χ2v) is 8.08. The van der Waals surface area contributed by atoms with Gasteiger partial charge in [0.1, 0.15) is 5.75 Å². The highest BCUT2D eigenvalue weighted by Gasteiger charge is 2.30. The Labute approximate surface area is 196 Å². The van der Waals surface area contributed by atoms with E-state index in [0.29, 0.717) is 23.5 Å². The Hall–Kier alpha value is -3.27. The van der Waals surface area contributed by atoms with Gasteiger partial charge in [-0.15, -0.1) is 0 Å². The predicted octanol–water partition coefficient (Wildman–Crippen LogP) is 4.96. The number of benzene rings is 2. The number of halogens is 3. The molecule has 34 heavy (non-hydrogen) atoms. The monoisotopic (exact) mass is 478 g/mol. The number of piperidine rings is 1. The van der Waals surface area contributed by atoms with Gasteiger partial charge in [-0.2, -0.15) is 13.2 Å². The maximum atomic E-state index is 12.7. The summed E-state index contributed by atoms with van der Waals surface area (Å²) < 4.78 is 43.3. The smallest absolute Gasteiger partial charge is 0.416 e. The molecule has 0 radical (unpaired) electrons. The van der Waals surface area contributed by atoms with Gasteiger partial charge in [0.05, 0.1) is 18.2 Å². The van der Waals surface area contributed by atoms with Gasteiger partial charge in [0.25, 0.3) is 5.91 Å². The van der Waals surface area contributed by atoms with Crippen LogP contribution in [0.5, 0.6) is 5.75 Å². The maximum Gasteiger partial charge on any atom is 0.416 e. The van der Waals surface area contributed by atoms with Crippen LogP contribution in [0.2, 0.25) is 0 Å². The minimum absolute atomic E-state index is 0.206. The van der Waals surface area contributed by atoms with Crippen LogP contribution < -0.4 is 20.7 Å². The second kappa shape index (κ2) is 11.7. The largest absolute Gasteiger partial charge is 0.496 e. The molecular weight excluding hydrogens is 449 g/mol. The number of hydrogen-bond acceptors (Lipinski definition) is 4. The number of carbonyl (C=O) groups excluding carboxylic acids is 2. The number of carbonyl (C=O) groups is 2. The molecule has 0 saturated carbocycles. The quantitative estimate of drug-likeness (QED) is 0.468. The van der Waals surface area contributed by atoms with E-state index in [1.165, 1.54) is 44.6 Å². The molecule has 1 fully saturated rings. The molecule has 0 spiro atoms. The molecule has 1 heterocycles. The zero-order chi connectivity index (χ0) is 24.6. The molecule has 3 rings (SSSR count). The van der Waals surface area contributed by atoms with Crippen molar-refractivity contribution in [3.8, 4) is 5.75 Å². The topological polar surface area (TPSA) is 82.7 Å². The number of urea groups is 1. The summed E-state index contributed by atoms with van der Waals surface area (Å²) in [5.41, 5.74) is 0.110. The summed E-state index contributed by atoms with van der Waals surface area (Å²) in [5, 5.41) is 7.93. The molecule has 7 nitrogen and oxygen atoms in total. The lowest BCUT2D eigenvalue weighted by Crippen LogP contribution is -2.33. The number of likely N-dealkylation sites (tertiary alicyclic amines) is 1. The Balaban J connectivity index is 1.51. The van der Waals surface area contributed by atoms with Crippen LogP contribution in [0.1, 0.15) is 41.6 Å². The zero-order valence-electron chi connectivity index (χ0n) is 19.0. The van der Waals surface area contributed by atoms with Crippen LogP contribution in [0.4, 0.5) is 29.3 Å². The van der Waals surface area contributed by atoms with Crippen LogP contribution in [0, 0.1) is 0 Å². The summed E-state index contributed by atoms with van der Waals surface area (Å²) in [5.74, 6) is 0.0251. The lowest BCUT2D eigenvalue weighted by molar-refractivity contribution is -0.137. The first-order chi connectivity index (χ1) is 16.3. The fourth-order valence-corrected chi connectivity index (χ4v) is 3.78. The van der Waals surface area contributed by atoms with Crippen molar-refractivity contribution in [2.75, 3.05) is 43.9 Å². The molecule has 2 aromatic carbocycles. The van der Waals surface area contributed by atoms with Gasteiger partial charge in [-0.05, 0) is 75.3 Å². The molecule has 3 N–H and O–H groups in total. The molecule has 0 bridgehead atoms. The van der Waals surface area contributed by atoms with E-state index in [4.69, 9.17) is 4.74 Å². The van der Waals surface area contributed by atoms with Crippen molar-refractivity contribution in [3.05, 3.63) is 53.6 Å². The first kappa shape index (κ1) is 25.4. The molecule has 0 atom stereocenters. The van der Waals surface area contributed by atoms with E-state index in [2.05, 4.69) is 20.9 Å². The maximum absolute atomic E-state index is 12.7. The average molecular weight is 479 g/mol. The Morgan fingerprint density at radius 1 is 0.971 bits per heavy atom. The highest BCUT2D eigenvalue weighted by Crippen LogP contribution is 2.30. The predicted molar refractivity (Wildman–Crippen MR) is 124 cm³/mol. The molecule has 0 aliphatic carbocycles. The second-order valence-electron chi connectivity index (χ2n) is 8.08. The van der Waals surface area contributed by atoms with E-state index in [1.54, 1.807) is 12.1 Å². The Kier molecular flexibility index (Phi) is 8.75. The highest BCUT2D eigenvalue weighted by atomic mass is 19.4. The summed E-state index contributed by atoms with van der Waals surface area (Å²) in [6.07, 6.45) is 0.156. The molecule has 0 aromatic heterocycles. The zero-order valence-corrected chi connectivity index (χ0v) is 19.0. The lowest BCUT2D eigenvalue weighted by Gasteiger charge is -2.26. The number of ether oxygens (including phenoxy) is 1. The Morgan fingerprint density at radius 3 is 2.26 bits per heavy atom. The summed E-state index contributed by atoms with van der Waals surface area (Å²) in [6, 6.07) is 8.08. The van der Waals surface area contributed by atoms with Gasteiger partial charge in [-0.25, -0.2) is 4.79 Å². The van der Waals surface area contributed by atoms with Gasteiger partial charge in [-0.1, -0.05) is 6.42 Å². The number of hydrogen-bond donors (Lipinski definition) is 3. The summed E-state index contributed by atoms with van der Waals surface area (Å²) >= 11 is 0. The van der Waals surface area contributed by atoms with Crippen LogP contribution in [-0.4, -0.2) is 50.1 Å². The number of methoxy groups -OCH3 is 1. The average Bonchev–Trinajstić information content (AvgIpc) is 2.82. The third-order valence-electron chi connectivity index (χ3n) is 5.56. The molecule has 2 aromatic rings. The number of nitrogens with zero attached hydrogens (tertiary/aromatic N) is 1. The first-order valence-corrected chi connectivity index (χ1v) is 11.2. The third-order valence-corrected chi connectivity index (χ3v) is 5.56. The highest BCUT2D eigenvalue weighted by molar-refractivity contribution is 6.01. The Morgan fingerprint density at radius 2 is 1.62 bits per heavy atom. The first-order valence-electron chi connectivity index (χ1n) is 11.2. The Bertz CT molecular complexity index is 974. The standard InChI is InChI=1S/C24H29F3N4O3/c1-34-21-16-19(30-23(33)29-18-8-6-17(7-9-18)24(25,26)27)10-11-20(21)22(32)28-12-5-15-31-13-3-2-4-14-31/h6-11,16H,2-5,12-15H2,1H3,(H,28,32)(H2,29,30,33).